The highest BCUT2D eigenvalue weighted by molar-refractivity contribution is 5.66. The third-order valence-corrected chi connectivity index (χ3v) is 13.7. The van der Waals surface area contributed by atoms with E-state index in [9.17, 15) is 9.90 Å². The number of carbonyl (C=O) groups is 1. The molecule has 194 valence electrons. The normalized spacial score (nSPS) is 54.6. The highest BCUT2D eigenvalue weighted by Crippen LogP contribution is 2.76. The van der Waals surface area contributed by atoms with Gasteiger partial charge in [0, 0.05) is 13.5 Å². The summed E-state index contributed by atoms with van der Waals surface area (Å²) in [5.41, 5.74) is 1.30. The Morgan fingerprint density at radius 2 is 1.65 bits per heavy atom. The van der Waals surface area contributed by atoms with Gasteiger partial charge in [0.1, 0.15) is 6.10 Å². The molecule has 5 rings (SSSR count). The Bertz CT molecular complexity index is 806. The van der Waals surface area contributed by atoms with E-state index in [0.717, 1.165) is 30.1 Å². The summed E-state index contributed by atoms with van der Waals surface area (Å²) in [4.78, 5) is 11.8. The number of aliphatic hydroxyl groups is 1. The number of fused-ring (bicyclic) bond motifs is 7. The zero-order valence-corrected chi connectivity index (χ0v) is 23.2. The summed E-state index contributed by atoms with van der Waals surface area (Å²) < 4.78 is 5.81. The third kappa shape index (κ3) is 3.20. The average molecular weight is 473 g/mol. The largest absolute Gasteiger partial charge is 0.462 e. The van der Waals surface area contributed by atoms with Gasteiger partial charge >= 0.3 is 5.97 Å². The van der Waals surface area contributed by atoms with Crippen LogP contribution in [0.1, 0.15) is 113 Å². The van der Waals surface area contributed by atoms with Crippen molar-refractivity contribution in [3.8, 4) is 0 Å². The fourth-order valence-electron chi connectivity index (χ4n) is 11.8. The molecule has 0 aromatic carbocycles. The van der Waals surface area contributed by atoms with Crippen LogP contribution < -0.4 is 0 Å². The van der Waals surface area contributed by atoms with E-state index < -0.39 is 0 Å². The molecule has 0 aliphatic heterocycles. The van der Waals surface area contributed by atoms with Crippen LogP contribution in [0.25, 0.3) is 0 Å². The van der Waals surface area contributed by atoms with Crippen LogP contribution in [0, 0.1) is 63.1 Å². The predicted molar refractivity (Wildman–Crippen MR) is 137 cm³/mol. The Labute approximate surface area is 209 Å². The molecule has 0 amide bonds. The topological polar surface area (TPSA) is 46.5 Å². The molecule has 4 unspecified atom stereocenters. The van der Waals surface area contributed by atoms with Gasteiger partial charge in [-0.1, -0.05) is 41.5 Å². The van der Waals surface area contributed by atoms with Crippen LogP contribution >= 0.6 is 0 Å². The van der Waals surface area contributed by atoms with Gasteiger partial charge in [0.15, 0.2) is 0 Å². The fraction of sp³-hybridized carbons (Fsp3) is 0.968. The summed E-state index contributed by atoms with van der Waals surface area (Å²) in [6.45, 7) is 17.2. The summed E-state index contributed by atoms with van der Waals surface area (Å²) >= 11 is 0. The molecule has 5 aliphatic carbocycles. The van der Waals surface area contributed by atoms with Crippen molar-refractivity contribution in [2.75, 3.05) is 6.61 Å². The number of esters is 1. The van der Waals surface area contributed by atoms with E-state index in [4.69, 9.17) is 4.74 Å². The number of hydrogen-bond donors (Lipinski definition) is 1. The van der Waals surface area contributed by atoms with Gasteiger partial charge < -0.3 is 9.84 Å². The number of rotatable bonds is 3. The first kappa shape index (κ1) is 25.1. The minimum atomic E-state index is -0.111. The molecule has 0 bridgehead atoms. The van der Waals surface area contributed by atoms with E-state index >= 15 is 0 Å². The number of ether oxygens (including phenoxy) is 1. The second kappa shape index (κ2) is 8.22. The van der Waals surface area contributed by atoms with Gasteiger partial charge in [0.05, 0.1) is 0 Å². The van der Waals surface area contributed by atoms with Gasteiger partial charge in [-0.05, 0) is 127 Å². The Morgan fingerprint density at radius 1 is 0.912 bits per heavy atom. The van der Waals surface area contributed by atoms with Crippen molar-refractivity contribution >= 4 is 5.97 Å². The molecular weight excluding hydrogens is 420 g/mol. The molecule has 0 heterocycles. The van der Waals surface area contributed by atoms with Crippen molar-refractivity contribution in [2.45, 2.75) is 119 Å². The van der Waals surface area contributed by atoms with E-state index in [0.29, 0.717) is 40.6 Å². The molecule has 5 fully saturated rings. The highest BCUT2D eigenvalue weighted by atomic mass is 16.5. The van der Waals surface area contributed by atoms with E-state index in [1.807, 2.05) is 0 Å². The zero-order valence-electron chi connectivity index (χ0n) is 23.2. The van der Waals surface area contributed by atoms with Crippen molar-refractivity contribution in [1.29, 1.82) is 0 Å². The first-order chi connectivity index (χ1) is 15.9. The lowest BCUT2D eigenvalue weighted by molar-refractivity contribution is -0.241. The van der Waals surface area contributed by atoms with Crippen LogP contribution in [0.3, 0.4) is 0 Å². The molecule has 0 aromatic heterocycles. The van der Waals surface area contributed by atoms with Gasteiger partial charge in [-0.3, -0.25) is 4.79 Å². The highest BCUT2D eigenvalue weighted by Gasteiger charge is 2.70. The Balaban J connectivity index is 1.48. The van der Waals surface area contributed by atoms with E-state index in [1.165, 1.54) is 57.8 Å². The lowest BCUT2D eigenvalue weighted by atomic mass is 9.33. The number of hydrogen-bond acceptors (Lipinski definition) is 3. The standard InChI is InChI=1S/C31H52O3/c1-19(2)22-10-15-31(18-32)17-16-29(6)24(27(22)31)8-9-26-28(5)13-12-25(34-21(4)33)20(3)23(28)11-14-30(26,29)7/h19-20,22-27,32H,8-18H2,1-7H3/t20-,22+,23?,24?,25+,26?,27?,28+,29-,30-,31-/m1/s1. The van der Waals surface area contributed by atoms with Gasteiger partial charge in [-0.25, -0.2) is 0 Å². The van der Waals surface area contributed by atoms with Crippen LogP contribution in [0.15, 0.2) is 0 Å². The van der Waals surface area contributed by atoms with Crippen LogP contribution in [0.5, 0.6) is 0 Å². The van der Waals surface area contributed by atoms with Crippen molar-refractivity contribution < 1.29 is 14.6 Å². The van der Waals surface area contributed by atoms with E-state index in [-0.39, 0.29) is 17.5 Å². The van der Waals surface area contributed by atoms with Crippen LogP contribution in [0.2, 0.25) is 0 Å². The molecule has 0 radical (unpaired) electrons. The second-order valence-electron chi connectivity index (χ2n) is 14.8. The Kier molecular flexibility index (Phi) is 6.07. The molecule has 3 heteroatoms. The van der Waals surface area contributed by atoms with E-state index in [2.05, 4.69) is 41.5 Å². The number of aliphatic hydroxyl groups excluding tert-OH is 1. The van der Waals surface area contributed by atoms with Crippen LogP contribution in [-0.4, -0.2) is 23.8 Å². The molecule has 34 heavy (non-hydrogen) atoms. The maximum absolute atomic E-state index is 11.8. The minimum Gasteiger partial charge on any atom is -0.462 e. The van der Waals surface area contributed by atoms with Crippen LogP contribution in [0.4, 0.5) is 0 Å². The summed E-state index contributed by atoms with van der Waals surface area (Å²) in [5, 5.41) is 10.7. The van der Waals surface area contributed by atoms with Gasteiger partial charge in [0.2, 0.25) is 0 Å². The van der Waals surface area contributed by atoms with Gasteiger partial charge in [-0.15, -0.1) is 0 Å². The second-order valence-corrected chi connectivity index (χ2v) is 14.8. The minimum absolute atomic E-state index is 0.108. The van der Waals surface area contributed by atoms with Crippen molar-refractivity contribution in [1.82, 2.24) is 0 Å². The summed E-state index contributed by atoms with van der Waals surface area (Å²) in [6.07, 6.45) is 12.8. The molecule has 0 spiro atoms. The Morgan fingerprint density at radius 3 is 2.29 bits per heavy atom. The first-order valence-electron chi connectivity index (χ1n) is 14.7. The predicted octanol–water partition coefficient (Wildman–Crippen LogP) is 7.26. The lowest BCUT2D eigenvalue weighted by Gasteiger charge is -2.72. The quantitative estimate of drug-likeness (QED) is 0.440. The smallest absolute Gasteiger partial charge is 0.302 e. The molecule has 0 aromatic rings. The SMILES string of the molecule is CC(=O)O[C@H]1CC[C@@]2(C)C(CC[C@]3(C)C2CCC2C4[C@H](C(C)C)CC[C@]4(CO)CC[C@]23C)[C@H]1C. The molecule has 5 saturated carbocycles. The first-order valence-corrected chi connectivity index (χ1v) is 14.7. The molecular formula is C31H52O3. The maximum atomic E-state index is 11.8. The maximum Gasteiger partial charge on any atom is 0.302 e. The summed E-state index contributed by atoms with van der Waals surface area (Å²) in [7, 11) is 0. The molecule has 1 N–H and O–H groups in total. The summed E-state index contributed by atoms with van der Waals surface area (Å²) in [5.74, 6) is 4.75. The fourth-order valence-corrected chi connectivity index (χ4v) is 11.8. The van der Waals surface area contributed by atoms with Gasteiger partial charge in [-0.2, -0.15) is 0 Å². The third-order valence-electron chi connectivity index (χ3n) is 13.7. The van der Waals surface area contributed by atoms with Gasteiger partial charge in [0.25, 0.3) is 0 Å². The van der Waals surface area contributed by atoms with Crippen molar-refractivity contribution in [3.05, 3.63) is 0 Å². The zero-order chi connectivity index (χ0) is 24.7. The molecule has 0 saturated heterocycles. The van der Waals surface area contributed by atoms with Crippen molar-refractivity contribution in [3.63, 3.8) is 0 Å². The summed E-state index contributed by atoms with van der Waals surface area (Å²) in [6, 6.07) is 0. The molecule has 3 nitrogen and oxygen atoms in total. The monoisotopic (exact) mass is 472 g/mol. The molecule has 11 atom stereocenters. The number of carbonyl (C=O) groups excluding carboxylic acids is 1. The molecule has 5 aliphatic rings. The van der Waals surface area contributed by atoms with Crippen LogP contribution in [-0.2, 0) is 9.53 Å². The van der Waals surface area contributed by atoms with E-state index in [1.54, 1.807) is 6.92 Å². The average Bonchev–Trinajstić information content (AvgIpc) is 3.17. The van der Waals surface area contributed by atoms with Crippen molar-refractivity contribution in [2.24, 2.45) is 63.1 Å². The Hall–Kier alpha value is -0.570. The lowest BCUT2D eigenvalue weighted by Crippen LogP contribution is -2.65.